The highest BCUT2D eigenvalue weighted by atomic mass is 16.2. The third-order valence-electron chi connectivity index (χ3n) is 6.47. The third kappa shape index (κ3) is 3.28. The predicted molar refractivity (Wildman–Crippen MR) is 111 cm³/mol. The molecule has 2 amide bonds. The quantitative estimate of drug-likeness (QED) is 0.621. The largest absolute Gasteiger partial charge is 0.348 e. The zero-order chi connectivity index (χ0) is 20.0. The standard InChI is InChI=1S/C23H24N4O2/c1-13-7-16-12-25-27-21(16)20(8-13)22(28)24-11-14-3-2-4-17(9-14)26-23(29)19-10-15-5-6-18(15)19/h2-4,7-9,12,15,18-19H,5-6,10-11H2,1H3,(H,24,28)(H,25,27)(H,26,29)/t15-,18-,19?/m0/s1. The lowest BCUT2D eigenvalue weighted by Crippen LogP contribution is -2.49. The molecule has 0 radical (unpaired) electrons. The first kappa shape index (κ1) is 17.9. The van der Waals surface area contributed by atoms with Crippen molar-refractivity contribution >= 4 is 28.4 Å². The molecule has 1 aromatic heterocycles. The maximum absolute atomic E-state index is 12.7. The highest BCUT2D eigenvalue weighted by Crippen LogP contribution is 2.54. The molecule has 1 heterocycles. The summed E-state index contributed by atoms with van der Waals surface area (Å²) in [5.74, 6) is 1.55. The van der Waals surface area contributed by atoms with Gasteiger partial charge in [-0.25, -0.2) is 0 Å². The number of fused-ring (bicyclic) bond motifs is 2. The Labute approximate surface area is 169 Å². The summed E-state index contributed by atoms with van der Waals surface area (Å²) in [6.07, 6.45) is 5.23. The van der Waals surface area contributed by atoms with Crippen LogP contribution in [-0.4, -0.2) is 22.0 Å². The fourth-order valence-electron chi connectivity index (χ4n) is 4.68. The lowest BCUT2D eigenvalue weighted by atomic mass is 9.53. The van der Waals surface area contributed by atoms with E-state index in [1.54, 1.807) is 6.20 Å². The molecule has 2 saturated carbocycles. The SMILES string of the molecule is Cc1cc(C(=O)NCc2cccc(NC(=O)C3C[C@@H]4CC[C@H]34)c2)c2[nH]ncc2c1. The first-order valence-corrected chi connectivity index (χ1v) is 10.2. The van der Waals surface area contributed by atoms with Crippen molar-refractivity contribution in [1.29, 1.82) is 0 Å². The summed E-state index contributed by atoms with van der Waals surface area (Å²) in [6.45, 7) is 2.35. The Balaban J connectivity index is 1.24. The third-order valence-corrected chi connectivity index (χ3v) is 6.47. The Morgan fingerprint density at radius 1 is 1.21 bits per heavy atom. The number of nitrogens with zero attached hydrogens (tertiary/aromatic N) is 1. The van der Waals surface area contributed by atoms with E-state index in [-0.39, 0.29) is 17.7 Å². The van der Waals surface area contributed by atoms with Crippen molar-refractivity contribution in [3.8, 4) is 0 Å². The summed E-state index contributed by atoms with van der Waals surface area (Å²) in [7, 11) is 0. The zero-order valence-corrected chi connectivity index (χ0v) is 16.4. The number of H-pyrrole nitrogens is 1. The number of rotatable bonds is 5. The van der Waals surface area contributed by atoms with E-state index in [1.165, 1.54) is 12.8 Å². The number of anilines is 1. The molecular formula is C23H24N4O2. The summed E-state index contributed by atoms with van der Waals surface area (Å²) in [4.78, 5) is 25.2. The summed E-state index contributed by atoms with van der Waals surface area (Å²) in [5, 5.41) is 13.9. The second-order valence-electron chi connectivity index (χ2n) is 8.36. The van der Waals surface area contributed by atoms with E-state index in [1.807, 2.05) is 43.3 Å². The fourth-order valence-corrected chi connectivity index (χ4v) is 4.68. The minimum atomic E-state index is -0.150. The van der Waals surface area contributed by atoms with E-state index in [4.69, 9.17) is 0 Å². The number of hydrogen-bond acceptors (Lipinski definition) is 3. The molecule has 3 aromatic rings. The van der Waals surface area contributed by atoms with Gasteiger partial charge in [-0.15, -0.1) is 0 Å². The highest BCUT2D eigenvalue weighted by molar-refractivity contribution is 6.05. The van der Waals surface area contributed by atoms with Gasteiger partial charge in [-0.1, -0.05) is 12.1 Å². The van der Waals surface area contributed by atoms with Gasteiger partial charge in [0, 0.05) is 23.5 Å². The van der Waals surface area contributed by atoms with Gasteiger partial charge < -0.3 is 10.6 Å². The number of aromatic amines is 1. The lowest BCUT2D eigenvalue weighted by molar-refractivity contribution is -0.134. The molecule has 2 aliphatic rings. The zero-order valence-electron chi connectivity index (χ0n) is 16.4. The molecule has 5 rings (SSSR count). The van der Waals surface area contributed by atoms with Crippen LogP contribution in [0.1, 0.15) is 40.7 Å². The smallest absolute Gasteiger partial charge is 0.253 e. The highest BCUT2D eigenvalue weighted by Gasteiger charge is 2.50. The minimum Gasteiger partial charge on any atom is -0.348 e. The number of hydrogen-bond donors (Lipinski definition) is 3. The van der Waals surface area contributed by atoms with E-state index < -0.39 is 0 Å². The molecule has 2 fully saturated rings. The molecule has 3 atom stereocenters. The van der Waals surface area contributed by atoms with E-state index in [0.717, 1.165) is 40.1 Å². The number of aryl methyl sites for hydroxylation is 1. The Bertz CT molecular complexity index is 1100. The van der Waals surface area contributed by atoms with Crippen LogP contribution in [0.2, 0.25) is 0 Å². The van der Waals surface area contributed by atoms with Gasteiger partial charge in [0.2, 0.25) is 5.91 Å². The van der Waals surface area contributed by atoms with Crippen molar-refractivity contribution in [2.45, 2.75) is 32.7 Å². The van der Waals surface area contributed by atoms with Gasteiger partial charge in [-0.05, 0) is 73.4 Å². The number of nitrogens with one attached hydrogen (secondary N) is 3. The van der Waals surface area contributed by atoms with Crippen LogP contribution in [0.15, 0.2) is 42.6 Å². The Kier molecular flexibility index (Phi) is 4.34. The molecule has 6 nitrogen and oxygen atoms in total. The summed E-state index contributed by atoms with van der Waals surface area (Å²) in [6, 6.07) is 11.5. The van der Waals surface area contributed by atoms with Gasteiger partial charge >= 0.3 is 0 Å². The number of carbonyl (C=O) groups excluding carboxylic acids is 2. The van der Waals surface area contributed by atoms with Gasteiger partial charge in [0.1, 0.15) is 0 Å². The van der Waals surface area contributed by atoms with Crippen LogP contribution < -0.4 is 10.6 Å². The van der Waals surface area contributed by atoms with Gasteiger partial charge in [0.05, 0.1) is 17.3 Å². The molecule has 0 aliphatic heterocycles. The summed E-state index contributed by atoms with van der Waals surface area (Å²) < 4.78 is 0. The minimum absolute atomic E-state index is 0.133. The topological polar surface area (TPSA) is 86.9 Å². The second kappa shape index (κ2) is 7.03. The summed E-state index contributed by atoms with van der Waals surface area (Å²) >= 11 is 0. The molecule has 2 aromatic carbocycles. The van der Waals surface area contributed by atoms with E-state index in [0.29, 0.717) is 18.0 Å². The van der Waals surface area contributed by atoms with Crippen molar-refractivity contribution in [3.05, 3.63) is 59.3 Å². The monoisotopic (exact) mass is 388 g/mol. The molecule has 0 saturated heterocycles. The van der Waals surface area contributed by atoms with Crippen molar-refractivity contribution in [2.75, 3.05) is 5.32 Å². The van der Waals surface area contributed by atoms with Crippen LogP contribution in [0.4, 0.5) is 5.69 Å². The molecule has 6 heteroatoms. The average molecular weight is 388 g/mol. The van der Waals surface area contributed by atoms with Crippen molar-refractivity contribution in [3.63, 3.8) is 0 Å². The van der Waals surface area contributed by atoms with Gasteiger partial charge in [0.15, 0.2) is 0 Å². The molecule has 1 unspecified atom stereocenters. The Morgan fingerprint density at radius 3 is 2.86 bits per heavy atom. The molecule has 148 valence electrons. The first-order chi connectivity index (χ1) is 14.1. The molecule has 0 spiro atoms. The normalized spacial score (nSPS) is 22.3. The van der Waals surface area contributed by atoms with Crippen LogP contribution in [0.25, 0.3) is 10.9 Å². The van der Waals surface area contributed by atoms with Crippen LogP contribution in [0.5, 0.6) is 0 Å². The van der Waals surface area contributed by atoms with E-state index >= 15 is 0 Å². The predicted octanol–water partition coefficient (Wildman–Crippen LogP) is 3.79. The van der Waals surface area contributed by atoms with Crippen LogP contribution in [0.3, 0.4) is 0 Å². The molecule has 0 bridgehead atoms. The van der Waals surface area contributed by atoms with Gasteiger partial charge in [0.25, 0.3) is 5.91 Å². The van der Waals surface area contributed by atoms with Crippen LogP contribution in [0, 0.1) is 24.7 Å². The number of benzene rings is 2. The van der Waals surface area contributed by atoms with Gasteiger partial charge in [-0.3, -0.25) is 14.7 Å². The second-order valence-corrected chi connectivity index (χ2v) is 8.36. The number of amides is 2. The lowest BCUT2D eigenvalue weighted by Gasteiger charge is -2.52. The van der Waals surface area contributed by atoms with Crippen LogP contribution >= 0.6 is 0 Å². The number of aromatic nitrogens is 2. The molecular weight excluding hydrogens is 364 g/mol. The van der Waals surface area contributed by atoms with Crippen LogP contribution in [-0.2, 0) is 11.3 Å². The molecule has 2 aliphatic carbocycles. The van der Waals surface area contributed by atoms with Crippen molar-refractivity contribution in [1.82, 2.24) is 15.5 Å². The first-order valence-electron chi connectivity index (χ1n) is 10.2. The average Bonchev–Trinajstić information content (AvgIpc) is 3.16. The van der Waals surface area contributed by atoms with Crippen molar-refractivity contribution in [2.24, 2.45) is 17.8 Å². The van der Waals surface area contributed by atoms with E-state index in [2.05, 4.69) is 20.8 Å². The Morgan fingerprint density at radius 2 is 2.10 bits per heavy atom. The van der Waals surface area contributed by atoms with Crippen molar-refractivity contribution < 1.29 is 9.59 Å². The van der Waals surface area contributed by atoms with Gasteiger partial charge in [-0.2, -0.15) is 5.10 Å². The fraction of sp³-hybridized carbons (Fsp3) is 0.348. The molecule has 29 heavy (non-hydrogen) atoms. The maximum Gasteiger partial charge on any atom is 0.253 e. The maximum atomic E-state index is 12.7. The van der Waals surface area contributed by atoms with E-state index in [9.17, 15) is 9.59 Å². The summed E-state index contributed by atoms with van der Waals surface area (Å²) in [5.41, 5.74) is 4.07. The number of carbonyl (C=O) groups is 2. The molecule has 3 N–H and O–H groups in total. The Hall–Kier alpha value is -3.15.